The third kappa shape index (κ3) is 2.39. The summed E-state index contributed by atoms with van der Waals surface area (Å²) in [5, 5.41) is 3.22. The predicted molar refractivity (Wildman–Crippen MR) is 57.1 cm³/mol. The lowest BCUT2D eigenvalue weighted by Gasteiger charge is -2.29. The Kier molecular flexibility index (Phi) is 3.51. The van der Waals surface area contributed by atoms with Crippen LogP contribution in [-0.4, -0.2) is 19.8 Å². The van der Waals surface area contributed by atoms with Gasteiger partial charge in [-0.15, -0.1) is 0 Å². The number of nitrogens with one attached hydrogen (secondary N) is 1. The van der Waals surface area contributed by atoms with E-state index < -0.39 is 11.6 Å². The van der Waals surface area contributed by atoms with Crippen LogP contribution < -0.4 is 5.32 Å². The number of halogens is 2. The Morgan fingerprint density at radius 2 is 2.19 bits per heavy atom. The zero-order valence-corrected chi connectivity index (χ0v) is 9.17. The van der Waals surface area contributed by atoms with E-state index >= 15 is 0 Å². The average molecular weight is 227 g/mol. The molecule has 2 unspecified atom stereocenters. The van der Waals surface area contributed by atoms with E-state index in [0.717, 1.165) is 25.5 Å². The Bertz CT molecular complexity index is 370. The van der Waals surface area contributed by atoms with Crippen LogP contribution in [0.4, 0.5) is 8.78 Å². The molecule has 2 atom stereocenters. The molecule has 1 saturated heterocycles. The van der Waals surface area contributed by atoms with E-state index in [2.05, 4.69) is 5.32 Å². The lowest BCUT2D eigenvalue weighted by atomic mass is 9.95. The van der Waals surface area contributed by atoms with Gasteiger partial charge in [0.2, 0.25) is 0 Å². The van der Waals surface area contributed by atoms with Crippen LogP contribution in [0, 0.1) is 11.6 Å². The second-order valence-electron chi connectivity index (χ2n) is 4.05. The first-order valence-electron chi connectivity index (χ1n) is 5.42. The SMILES string of the molecule is COC1CCNC(c2ccc(F)cc2F)C1. The summed E-state index contributed by atoms with van der Waals surface area (Å²) in [5.41, 5.74) is 0.517. The van der Waals surface area contributed by atoms with Crippen LogP contribution in [0.25, 0.3) is 0 Å². The van der Waals surface area contributed by atoms with Crippen LogP contribution in [0.15, 0.2) is 18.2 Å². The Morgan fingerprint density at radius 1 is 1.38 bits per heavy atom. The number of rotatable bonds is 2. The molecular weight excluding hydrogens is 212 g/mol. The van der Waals surface area contributed by atoms with Crippen LogP contribution >= 0.6 is 0 Å². The molecule has 16 heavy (non-hydrogen) atoms. The average Bonchev–Trinajstić information content (AvgIpc) is 2.29. The van der Waals surface area contributed by atoms with E-state index in [4.69, 9.17) is 4.74 Å². The van der Waals surface area contributed by atoms with Gasteiger partial charge in [0.1, 0.15) is 11.6 Å². The molecule has 0 bridgehead atoms. The molecule has 0 spiro atoms. The first-order valence-corrected chi connectivity index (χ1v) is 5.42. The first-order chi connectivity index (χ1) is 7.70. The van der Waals surface area contributed by atoms with Gasteiger partial charge in [-0.2, -0.15) is 0 Å². The van der Waals surface area contributed by atoms with Crippen molar-refractivity contribution in [3.8, 4) is 0 Å². The van der Waals surface area contributed by atoms with Gasteiger partial charge in [-0.1, -0.05) is 6.07 Å². The third-order valence-corrected chi connectivity index (χ3v) is 3.03. The molecule has 88 valence electrons. The molecule has 0 amide bonds. The van der Waals surface area contributed by atoms with Gasteiger partial charge in [0, 0.05) is 24.8 Å². The Morgan fingerprint density at radius 3 is 2.88 bits per heavy atom. The van der Waals surface area contributed by atoms with Crippen molar-refractivity contribution in [2.45, 2.75) is 25.0 Å². The summed E-state index contributed by atoms with van der Waals surface area (Å²) >= 11 is 0. The molecule has 2 rings (SSSR count). The Balaban J connectivity index is 2.16. The molecule has 4 heteroatoms. The highest BCUT2D eigenvalue weighted by atomic mass is 19.1. The standard InChI is InChI=1S/C12H15F2NO/c1-16-9-4-5-15-12(7-9)10-3-2-8(13)6-11(10)14/h2-3,6,9,12,15H,4-5,7H2,1H3. The number of methoxy groups -OCH3 is 1. The number of hydrogen-bond donors (Lipinski definition) is 1. The normalized spacial score (nSPS) is 25.7. The van der Waals surface area contributed by atoms with Crippen molar-refractivity contribution >= 4 is 0 Å². The first kappa shape index (κ1) is 11.5. The number of piperidine rings is 1. The molecule has 0 saturated carbocycles. The minimum absolute atomic E-state index is 0.0840. The smallest absolute Gasteiger partial charge is 0.130 e. The van der Waals surface area contributed by atoms with Crippen molar-refractivity contribution < 1.29 is 13.5 Å². The van der Waals surface area contributed by atoms with Crippen molar-refractivity contribution in [3.05, 3.63) is 35.4 Å². The number of benzene rings is 1. The van der Waals surface area contributed by atoms with Crippen LogP contribution in [0.3, 0.4) is 0 Å². The highest BCUT2D eigenvalue weighted by molar-refractivity contribution is 5.22. The lowest BCUT2D eigenvalue weighted by Crippen LogP contribution is -2.35. The molecule has 1 aromatic rings. The van der Waals surface area contributed by atoms with Gasteiger partial charge in [-0.05, 0) is 25.5 Å². The number of hydrogen-bond acceptors (Lipinski definition) is 2. The fourth-order valence-corrected chi connectivity index (χ4v) is 2.12. The minimum Gasteiger partial charge on any atom is -0.381 e. The molecule has 0 radical (unpaired) electrons. The summed E-state index contributed by atoms with van der Waals surface area (Å²) in [6.45, 7) is 0.792. The van der Waals surface area contributed by atoms with E-state index in [1.807, 2.05) is 0 Å². The zero-order valence-electron chi connectivity index (χ0n) is 9.17. The van der Waals surface area contributed by atoms with Crippen molar-refractivity contribution in [3.63, 3.8) is 0 Å². The number of ether oxygens (including phenoxy) is 1. The Hall–Kier alpha value is -1.00. The van der Waals surface area contributed by atoms with Gasteiger partial charge in [0.15, 0.2) is 0 Å². The van der Waals surface area contributed by atoms with E-state index in [9.17, 15) is 8.78 Å². The quantitative estimate of drug-likeness (QED) is 0.837. The van der Waals surface area contributed by atoms with E-state index in [0.29, 0.717) is 5.56 Å². The molecule has 1 N–H and O–H groups in total. The van der Waals surface area contributed by atoms with E-state index in [1.165, 1.54) is 12.1 Å². The Labute approximate surface area is 93.6 Å². The molecule has 1 heterocycles. The maximum atomic E-state index is 13.5. The molecule has 1 aliphatic rings. The van der Waals surface area contributed by atoms with E-state index in [1.54, 1.807) is 7.11 Å². The van der Waals surface area contributed by atoms with E-state index in [-0.39, 0.29) is 12.1 Å². The van der Waals surface area contributed by atoms with Gasteiger partial charge in [0.25, 0.3) is 0 Å². The summed E-state index contributed by atoms with van der Waals surface area (Å²) in [7, 11) is 1.66. The molecule has 0 aliphatic carbocycles. The molecule has 0 aromatic heterocycles. The predicted octanol–water partition coefficient (Wildman–Crippen LogP) is 2.40. The van der Waals surface area contributed by atoms with Crippen molar-refractivity contribution in [2.24, 2.45) is 0 Å². The monoisotopic (exact) mass is 227 g/mol. The van der Waals surface area contributed by atoms with Crippen LogP contribution in [0.5, 0.6) is 0 Å². The van der Waals surface area contributed by atoms with Gasteiger partial charge in [0.05, 0.1) is 6.10 Å². The van der Waals surface area contributed by atoms with Crippen molar-refractivity contribution in [1.29, 1.82) is 0 Å². The van der Waals surface area contributed by atoms with Gasteiger partial charge < -0.3 is 10.1 Å². The third-order valence-electron chi connectivity index (χ3n) is 3.03. The second kappa shape index (κ2) is 4.89. The van der Waals surface area contributed by atoms with Crippen molar-refractivity contribution in [2.75, 3.05) is 13.7 Å². The molecule has 1 aliphatic heterocycles. The molecular formula is C12H15F2NO. The molecule has 1 aromatic carbocycles. The van der Waals surface area contributed by atoms with Gasteiger partial charge in [-0.25, -0.2) is 8.78 Å². The highest BCUT2D eigenvalue weighted by Crippen LogP contribution is 2.26. The summed E-state index contributed by atoms with van der Waals surface area (Å²) in [6.07, 6.45) is 1.80. The lowest BCUT2D eigenvalue weighted by molar-refractivity contribution is 0.0614. The summed E-state index contributed by atoms with van der Waals surface area (Å²) < 4.78 is 31.6. The van der Waals surface area contributed by atoms with Crippen LogP contribution in [0.1, 0.15) is 24.4 Å². The summed E-state index contributed by atoms with van der Waals surface area (Å²) in [6, 6.07) is 3.63. The van der Waals surface area contributed by atoms with Gasteiger partial charge in [-0.3, -0.25) is 0 Å². The largest absolute Gasteiger partial charge is 0.381 e. The molecule has 1 fully saturated rings. The summed E-state index contributed by atoms with van der Waals surface area (Å²) in [4.78, 5) is 0. The zero-order chi connectivity index (χ0) is 11.5. The summed E-state index contributed by atoms with van der Waals surface area (Å²) in [5.74, 6) is -1.03. The highest BCUT2D eigenvalue weighted by Gasteiger charge is 2.24. The maximum absolute atomic E-state index is 13.5. The van der Waals surface area contributed by atoms with Crippen LogP contribution in [0.2, 0.25) is 0 Å². The second-order valence-corrected chi connectivity index (χ2v) is 4.05. The maximum Gasteiger partial charge on any atom is 0.130 e. The van der Waals surface area contributed by atoms with Crippen LogP contribution in [-0.2, 0) is 4.74 Å². The minimum atomic E-state index is -0.541. The van der Waals surface area contributed by atoms with Crippen molar-refractivity contribution in [1.82, 2.24) is 5.32 Å². The topological polar surface area (TPSA) is 21.3 Å². The fourth-order valence-electron chi connectivity index (χ4n) is 2.12. The fraction of sp³-hybridized carbons (Fsp3) is 0.500. The van der Waals surface area contributed by atoms with Gasteiger partial charge >= 0.3 is 0 Å². The molecule has 2 nitrogen and oxygen atoms in total.